The van der Waals surface area contributed by atoms with Crippen LogP contribution in [0.25, 0.3) is 0 Å². The van der Waals surface area contributed by atoms with Gasteiger partial charge in [0.25, 0.3) is 0 Å². The van der Waals surface area contributed by atoms with Crippen molar-refractivity contribution >= 4 is 0 Å². The van der Waals surface area contributed by atoms with E-state index in [0.29, 0.717) is 19.1 Å². The van der Waals surface area contributed by atoms with Gasteiger partial charge in [-0.1, -0.05) is 26.8 Å². The minimum Gasteiger partial charge on any atom is -0.489 e. The molecule has 18 heavy (non-hydrogen) atoms. The molecule has 2 N–H and O–H groups in total. The Hall–Kier alpha value is -1.22. The molecule has 1 unspecified atom stereocenters. The normalized spacial score (nSPS) is 19.4. The molecular formula is C15H23NO2. The molecule has 0 bridgehead atoms. The Bertz CT molecular complexity index is 415. The third kappa shape index (κ3) is 2.78. The van der Waals surface area contributed by atoms with Crippen molar-refractivity contribution in [2.75, 3.05) is 19.8 Å². The SMILES string of the molecule is CC1COc2ccc(C(C)(C)CCN)cc2OC1. The molecule has 1 aromatic carbocycles. The lowest BCUT2D eigenvalue weighted by Gasteiger charge is -2.25. The van der Waals surface area contributed by atoms with Crippen LogP contribution in [0, 0.1) is 5.92 Å². The number of fused-ring (bicyclic) bond motifs is 1. The van der Waals surface area contributed by atoms with E-state index in [9.17, 15) is 0 Å². The predicted molar refractivity (Wildman–Crippen MR) is 73.3 cm³/mol. The second kappa shape index (κ2) is 5.19. The molecule has 1 aliphatic rings. The second-order valence-electron chi connectivity index (χ2n) is 5.81. The number of ether oxygens (including phenoxy) is 2. The molecule has 0 spiro atoms. The van der Waals surface area contributed by atoms with Gasteiger partial charge in [-0.3, -0.25) is 0 Å². The van der Waals surface area contributed by atoms with Crippen LogP contribution in [0.2, 0.25) is 0 Å². The summed E-state index contributed by atoms with van der Waals surface area (Å²) in [6.07, 6.45) is 0.961. The summed E-state index contributed by atoms with van der Waals surface area (Å²) in [6.45, 7) is 8.68. The van der Waals surface area contributed by atoms with E-state index in [4.69, 9.17) is 15.2 Å². The van der Waals surface area contributed by atoms with E-state index >= 15 is 0 Å². The van der Waals surface area contributed by atoms with Gasteiger partial charge in [0.1, 0.15) is 0 Å². The van der Waals surface area contributed by atoms with E-state index < -0.39 is 0 Å². The number of hydrogen-bond donors (Lipinski definition) is 1. The van der Waals surface area contributed by atoms with Crippen molar-refractivity contribution in [2.45, 2.75) is 32.6 Å². The van der Waals surface area contributed by atoms with Gasteiger partial charge in [-0.25, -0.2) is 0 Å². The highest BCUT2D eigenvalue weighted by Gasteiger charge is 2.23. The van der Waals surface area contributed by atoms with Crippen LogP contribution in [-0.2, 0) is 5.41 Å². The van der Waals surface area contributed by atoms with Gasteiger partial charge in [-0.2, -0.15) is 0 Å². The third-order valence-electron chi connectivity index (χ3n) is 3.54. The molecule has 0 radical (unpaired) electrons. The highest BCUT2D eigenvalue weighted by Crippen LogP contribution is 2.36. The van der Waals surface area contributed by atoms with Crippen molar-refractivity contribution in [1.29, 1.82) is 0 Å². The largest absolute Gasteiger partial charge is 0.489 e. The van der Waals surface area contributed by atoms with Gasteiger partial charge in [0.15, 0.2) is 11.5 Å². The van der Waals surface area contributed by atoms with Gasteiger partial charge in [0, 0.05) is 5.92 Å². The summed E-state index contributed by atoms with van der Waals surface area (Å²) in [4.78, 5) is 0. The standard InChI is InChI=1S/C15H23NO2/c1-11-9-17-13-5-4-12(8-14(13)18-10-11)15(2,3)6-7-16/h4-5,8,11H,6-7,9-10,16H2,1-3H3. The van der Waals surface area contributed by atoms with Gasteiger partial charge in [0.2, 0.25) is 0 Å². The van der Waals surface area contributed by atoms with Crippen molar-refractivity contribution < 1.29 is 9.47 Å². The van der Waals surface area contributed by atoms with Crippen molar-refractivity contribution in [1.82, 2.24) is 0 Å². The van der Waals surface area contributed by atoms with E-state index in [2.05, 4.69) is 32.9 Å². The van der Waals surface area contributed by atoms with E-state index in [0.717, 1.165) is 24.5 Å². The minimum atomic E-state index is 0.0745. The first kappa shape index (κ1) is 13.2. The Balaban J connectivity index is 2.27. The lowest BCUT2D eigenvalue weighted by molar-refractivity contribution is 0.228. The Kier molecular flexibility index (Phi) is 3.81. The van der Waals surface area contributed by atoms with Crippen LogP contribution in [0.1, 0.15) is 32.8 Å². The zero-order chi connectivity index (χ0) is 13.2. The van der Waals surface area contributed by atoms with Crippen LogP contribution in [0.5, 0.6) is 11.5 Å². The molecule has 1 heterocycles. The maximum atomic E-state index is 5.82. The molecule has 1 aromatic rings. The maximum Gasteiger partial charge on any atom is 0.161 e. The van der Waals surface area contributed by atoms with Crippen LogP contribution in [0.15, 0.2) is 18.2 Å². The van der Waals surface area contributed by atoms with Crippen LogP contribution < -0.4 is 15.2 Å². The van der Waals surface area contributed by atoms with Gasteiger partial charge in [-0.15, -0.1) is 0 Å². The molecule has 0 saturated carbocycles. The molecule has 0 saturated heterocycles. The van der Waals surface area contributed by atoms with Crippen LogP contribution >= 0.6 is 0 Å². The van der Waals surface area contributed by atoms with E-state index in [-0.39, 0.29) is 5.41 Å². The van der Waals surface area contributed by atoms with Crippen LogP contribution in [-0.4, -0.2) is 19.8 Å². The Morgan fingerprint density at radius 3 is 2.56 bits per heavy atom. The van der Waals surface area contributed by atoms with Gasteiger partial charge in [-0.05, 0) is 36.1 Å². The first-order chi connectivity index (χ1) is 8.53. The summed E-state index contributed by atoms with van der Waals surface area (Å²) in [6, 6.07) is 6.23. The highest BCUT2D eigenvalue weighted by molar-refractivity contribution is 5.45. The van der Waals surface area contributed by atoms with Crippen molar-refractivity contribution in [3.05, 3.63) is 23.8 Å². The molecule has 0 aromatic heterocycles. The summed E-state index contributed by atoms with van der Waals surface area (Å²) in [7, 11) is 0. The lowest BCUT2D eigenvalue weighted by atomic mass is 9.81. The zero-order valence-corrected chi connectivity index (χ0v) is 11.5. The lowest BCUT2D eigenvalue weighted by Crippen LogP contribution is -2.21. The Morgan fingerprint density at radius 1 is 1.22 bits per heavy atom. The van der Waals surface area contributed by atoms with Crippen LogP contribution in [0.3, 0.4) is 0 Å². The number of benzene rings is 1. The van der Waals surface area contributed by atoms with E-state index in [1.165, 1.54) is 5.56 Å². The molecule has 2 rings (SSSR count). The Labute approximate surface area is 109 Å². The molecule has 1 atom stereocenters. The minimum absolute atomic E-state index is 0.0745. The fourth-order valence-electron chi connectivity index (χ4n) is 2.18. The molecular weight excluding hydrogens is 226 g/mol. The van der Waals surface area contributed by atoms with Gasteiger partial charge >= 0.3 is 0 Å². The molecule has 0 amide bonds. The number of hydrogen-bond acceptors (Lipinski definition) is 3. The molecule has 0 fully saturated rings. The summed E-state index contributed by atoms with van der Waals surface area (Å²) >= 11 is 0. The average molecular weight is 249 g/mol. The molecule has 0 aliphatic carbocycles. The Morgan fingerprint density at radius 2 is 1.89 bits per heavy atom. The smallest absolute Gasteiger partial charge is 0.161 e. The topological polar surface area (TPSA) is 44.5 Å². The fraction of sp³-hybridized carbons (Fsp3) is 0.600. The summed E-state index contributed by atoms with van der Waals surface area (Å²) in [5, 5.41) is 0. The molecule has 100 valence electrons. The van der Waals surface area contributed by atoms with Gasteiger partial charge in [0.05, 0.1) is 13.2 Å². The molecule has 3 nitrogen and oxygen atoms in total. The summed E-state index contributed by atoms with van der Waals surface area (Å²) < 4.78 is 11.6. The van der Waals surface area contributed by atoms with E-state index in [1.54, 1.807) is 0 Å². The van der Waals surface area contributed by atoms with Gasteiger partial charge < -0.3 is 15.2 Å². The maximum absolute atomic E-state index is 5.82. The monoisotopic (exact) mass is 249 g/mol. The predicted octanol–water partition coefficient (Wildman–Crippen LogP) is 2.72. The fourth-order valence-corrected chi connectivity index (χ4v) is 2.18. The zero-order valence-electron chi connectivity index (χ0n) is 11.5. The summed E-state index contributed by atoms with van der Waals surface area (Å²) in [5.41, 5.74) is 7.01. The van der Waals surface area contributed by atoms with Crippen LogP contribution in [0.4, 0.5) is 0 Å². The number of rotatable bonds is 3. The molecule has 3 heteroatoms. The first-order valence-electron chi connectivity index (χ1n) is 6.63. The number of nitrogens with two attached hydrogens (primary N) is 1. The third-order valence-corrected chi connectivity index (χ3v) is 3.54. The first-order valence-corrected chi connectivity index (χ1v) is 6.63. The van der Waals surface area contributed by atoms with Crippen molar-refractivity contribution in [3.8, 4) is 11.5 Å². The van der Waals surface area contributed by atoms with E-state index in [1.807, 2.05) is 6.07 Å². The highest BCUT2D eigenvalue weighted by atomic mass is 16.5. The summed E-state index contributed by atoms with van der Waals surface area (Å²) in [5.74, 6) is 2.14. The van der Waals surface area contributed by atoms with Crippen molar-refractivity contribution in [2.24, 2.45) is 11.7 Å². The average Bonchev–Trinajstić information content (AvgIpc) is 2.51. The quantitative estimate of drug-likeness (QED) is 0.895. The molecule has 1 aliphatic heterocycles. The second-order valence-corrected chi connectivity index (χ2v) is 5.81. The van der Waals surface area contributed by atoms with Crippen molar-refractivity contribution in [3.63, 3.8) is 0 Å².